The summed E-state index contributed by atoms with van der Waals surface area (Å²) in [5.74, 6) is 0.741. The maximum absolute atomic E-state index is 5.94. The molecule has 2 rings (SSSR count). The van der Waals surface area contributed by atoms with Gasteiger partial charge >= 0.3 is 0 Å². The predicted octanol–water partition coefficient (Wildman–Crippen LogP) is 1.88. The van der Waals surface area contributed by atoms with E-state index in [0.29, 0.717) is 12.1 Å². The summed E-state index contributed by atoms with van der Waals surface area (Å²) in [6, 6.07) is 1.04. The van der Waals surface area contributed by atoms with Crippen LogP contribution in [-0.4, -0.2) is 33.8 Å². The van der Waals surface area contributed by atoms with Crippen LogP contribution in [0.25, 0.3) is 0 Å². The van der Waals surface area contributed by atoms with E-state index >= 15 is 0 Å². The molecule has 84 valence electrons. The predicted molar refractivity (Wildman–Crippen MR) is 64.7 cm³/mol. The average molecular weight is 273 g/mol. The molecule has 15 heavy (non-hydrogen) atoms. The number of hydrogen-bond donors (Lipinski definition) is 1. The lowest BCUT2D eigenvalue weighted by molar-refractivity contribution is 0.263. The van der Waals surface area contributed by atoms with Gasteiger partial charge in [0.15, 0.2) is 0 Å². The van der Waals surface area contributed by atoms with Crippen LogP contribution in [0.5, 0.6) is 0 Å². The standard InChI is InChI=1S/C10H17BrN4/c1-7(2)14-4-3-8(6-14)15-10(12)9(11)5-13-15/h5,7-8H,3-4,6,12H2,1-2H3. The Bertz CT molecular complexity index is 347. The Morgan fingerprint density at radius 2 is 2.33 bits per heavy atom. The minimum Gasteiger partial charge on any atom is -0.383 e. The van der Waals surface area contributed by atoms with Gasteiger partial charge in [0.1, 0.15) is 5.82 Å². The van der Waals surface area contributed by atoms with E-state index in [1.54, 1.807) is 6.20 Å². The molecule has 0 spiro atoms. The van der Waals surface area contributed by atoms with E-state index in [-0.39, 0.29) is 0 Å². The van der Waals surface area contributed by atoms with Gasteiger partial charge in [-0.15, -0.1) is 0 Å². The minimum atomic E-state index is 0.429. The second-order valence-electron chi connectivity index (χ2n) is 4.35. The molecule has 1 atom stereocenters. The number of nitrogen functional groups attached to an aromatic ring is 1. The molecule has 2 heterocycles. The van der Waals surface area contributed by atoms with Crippen molar-refractivity contribution in [2.75, 3.05) is 18.8 Å². The van der Waals surface area contributed by atoms with Gasteiger partial charge in [0, 0.05) is 19.1 Å². The minimum absolute atomic E-state index is 0.429. The molecule has 1 aromatic rings. The molecule has 0 aliphatic carbocycles. The van der Waals surface area contributed by atoms with Gasteiger partial charge in [0.05, 0.1) is 16.7 Å². The Hall–Kier alpha value is -0.550. The van der Waals surface area contributed by atoms with E-state index in [9.17, 15) is 0 Å². The molecule has 4 nitrogen and oxygen atoms in total. The van der Waals surface area contributed by atoms with E-state index in [0.717, 1.165) is 29.8 Å². The maximum Gasteiger partial charge on any atom is 0.136 e. The first-order chi connectivity index (χ1) is 7.09. The summed E-state index contributed by atoms with van der Waals surface area (Å²) in [4.78, 5) is 2.46. The number of nitrogens with zero attached hydrogens (tertiary/aromatic N) is 3. The number of aromatic nitrogens is 2. The topological polar surface area (TPSA) is 47.1 Å². The van der Waals surface area contributed by atoms with Crippen LogP contribution in [-0.2, 0) is 0 Å². The van der Waals surface area contributed by atoms with Crippen molar-refractivity contribution in [2.45, 2.75) is 32.4 Å². The molecule has 0 bridgehead atoms. The zero-order valence-corrected chi connectivity index (χ0v) is 10.7. The zero-order valence-electron chi connectivity index (χ0n) is 9.15. The quantitative estimate of drug-likeness (QED) is 0.895. The molecule has 1 saturated heterocycles. The molecule has 0 radical (unpaired) electrons. The third kappa shape index (κ3) is 2.03. The Kier molecular flexibility index (Phi) is 3.02. The molecular formula is C10H17BrN4. The molecule has 1 aliphatic rings. The summed E-state index contributed by atoms with van der Waals surface area (Å²) in [5, 5.41) is 4.31. The van der Waals surface area contributed by atoms with Crippen LogP contribution in [0.15, 0.2) is 10.7 Å². The Labute approximate surface area is 98.6 Å². The molecule has 1 aliphatic heterocycles. The highest BCUT2D eigenvalue weighted by atomic mass is 79.9. The molecule has 1 unspecified atom stereocenters. The van der Waals surface area contributed by atoms with Crippen molar-refractivity contribution < 1.29 is 0 Å². The van der Waals surface area contributed by atoms with E-state index in [4.69, 9.17) is 5.73 Å². The van der Waals surface area contributed by atoms with Crippen LogP contribution in [0.2, 0.25) is 0 Å². The summed E-state index contributed by atoms with van der Waals surface area (Å²) < 4.78 is 2.83. The van der Waals surface area contributed by atoms with E-state index in [1.807, 2.05) is 4.68 Å². The summed E-state index contributed by atoms with van der Waals surface area (Å²) in [7, 11) is 0. The summed E-state index contributed by atoms with van der Waals surface area (Å²) >= 11 is 3.39. The fourth-order valence-corrected chi connectivity index (χ4v) is 2.35. The Morgan fingerprint density at radius 3 is 2.80 bits per heavy atom. The van der Waals surface area contributed by atoms with Crippen LogP contribution in [0, 0.1) is 0 Å². The Balaban J connectivity index is 2.11. The van der Waals surface area contributed by atoms with Gasteiger partial charge < -0.3 is 5.73 Å². The summed E-state index contributed by atoms with van der Waals surface area (Å²) in [6.45, 7) is 6.64. The van der Waals surface area contributed by atoms with Crippen LogP contribution in [0.4, 0.5) is 5.82 Å². The molecule has 2 N–H and O–H groups in total. The van der Waals surface area contributed by atoms with Gasteiger partial charge in [-0.3, -0.25) is 4.90 Å². The Morgan fingerprint density at radius 1 is 1.60 bits per heavy atom. The SMILES string of the molecule is CC(C)N1CCC(n2ncc(Br)c2N)C1. The lowest BCUT2D eigenvalue weighted by atomic mass is 10.3. The fourth-order valence-electron chi connectivity index (χ4n) is 2.08. The number of likely N-dealkylation sites (tertiary alicyclic amines) is 1. The van der Waals surface area contributed by atoms with Crippen LogP contribution in [0.1, 0.15) is 26.3 Å². The average Bonchev–Trinajstić information content (AvgIpc) is 2.76. The second kappa shape index (κ2) is 4.14. The number of rotatable bonds is 2. The largest absolute Gasteiger partial charge is 0.383 e. The third-order valence-corrected chi connectivity index (χ3v) is 3.67. The van der Waals surface area contributed by atoms with Gasteiger partial charge in [-0.1, -0.05) is 0 Å². The van der Waals surface area contributed by atoms with Gasteiger partial charge in [-0.05, 0) is 36.2 Å². The normalized spacial score (nSPS) is 22.8. The number of halogens is 1. The van der Waals surface area contributed by atoms with Gasteiger partial charge in [-0.2, -0.15) is 5.10 Å². The van der Waals surface area contributed by atoms with Gasteiger partial charge in [0.2, 0.25) is 0 Å². The van der Waals surface area contributed by atoms with E-state index in [1.165, 1.54) is 0 Å². The number of hydrogen-bond acceptors (Lipinski definition) is 3. The van der Waals surface area contributed by atoms with Crippen molar-refractivity contribution in [3.8, 4) is 0 Å². The first kappa shape index (κ1) is 11.0. The second-order valence-corrected chi connectivity index (χ2v) is 5.21. The number of anilines is 1. The highest BCUT2D eigenvalue weighted by Gasteiger charge is 2.27. The third-order valence-electron chi connectivity index (χ3n) is 3.06. The lowest BCUT2D eigenvalue weighted by Gasteiger charge is -2.20. The van der Waals surface area contributed by atoms with Crippen LogP contribution in [0.3, 0.4) is 0 Å². The molecular weight excluding hydrogens is 256 g/mol. The molecule has 0 amide bonds. The van der Waals surface area contributed by atoms with Crippen molar-refractivity contribution in [1.82, 2.24) is 14.7 Å². The highest BCUT2D eigenvalue weighted by Crippen LogP contribution is 2.28. The van der Waals surface area contributed by atoms with E-state index in [2.05, 4.69) is 39.8 Å². The van der Waals surface area contributed by atoms with Crippen molar-refractivity contribution in [3.63, 3.8) is 0 Å². The first-order valence-electron chi connectivity index (χ1n) is 5.32. The zero-order chi connectivity index (χ0) is 11.0. The van der Waals surface area contributed by atoms with E-state index < -0.39 is 0 Å². The molecule has 1 aromatic heterocycles. The van der Waals surface area contributed by atoms with Gasteiger partial charge in [0.25, 0.3) is 0 Å². The number of nitrogens with two attached hydrogens (primary N) is 1. The van der Waals surface area contributed by atoms with Crippen LogP contribution >= 0.6 is 15.9 Å². The van der Waals surface area contributed by atoms with Crippen molar-refractivity contribution in [1.29, 1.82) is 0 Å². The first-order valence-corrected chi connectivity index (χ1v) is 6.11. The summed E-state index contributed by atoms with van der Waals surface area (Å²) in [6.07, 6.45) is 2.91. The molecule has 5 heteroatoms. The smallest absolute Gasteiger partial charge is 0.136 e. The molecule has 0 saturated carbocycles. The van der Waals surface area contributed by atoms with Crippen LogP contribution < -0.4 is 5.73 Å². The summed E-state index contributed by atoms with van der Waals surface area (Å²) in [5.41, 5.74) is 5.94. The van der Waals surface area contributed by atoms with Gasteiger partial charge in [-0.25, -0.2) is 4.68 Å². The highest BCUT2D eigenvalue weighted by molar-refractivity contribution is 9.10. The molecule has 1 fully saturated rings. The van der Waals surface area contributed by atoms with Crippen molar-refractivity contribution >= 4 is 21.7 Å². The lowest BCUT2D eigenvalue weighted by Crippen LogP contribution is -2.29. The fraction of sp³-hybridized carbons (Fsp3) is 0.700. The van der Waals surface area contributed by atoms with Crippen molar-refractivity contribution in [3.05, 3.63) is 10.7 Å². The maximum atomic E-state index is 5.94. The van der Waals surface area contributed by atoms with Crippen molar-refractivity contribution in [2.24, 2.45) is 0 Å². The molecule has 0 aromatic carbocycles. The monoisotopic (exact) mass is 272 g/mol.